The van der Waals surface area contributed by atoms with Crippen LogP contribution in [0.2, 0.25) is 0 Å². The third kappa shape index (κ3) is 2.70. The predicted molar refractivity (Wildman–Crippen MR) is 81.4 cm³/mol. The number of fused-ring (bicyclic) bond motifs is 1. The van der Waals surface area contributed by atoms with E-state index in [1.165, 1.54) is 36.8 Å². The molecular weight excluding hydrogens is 248 g/mol. The molecule has 3 N–H and O–H groups in total. The van der Waals surface area contributed by atoms with Gasteiger partial charge in [-0.3, -0.25) is 11.3 Å². The first-order chi connectivity index (χ1) is 9.79. The van der Waals surface area contributed by atoms with Crippen molar-refractivity contribution in [1.29, 1.82) is 0 Å². The second-order valence-corrected chi connectivity index (χ2v) is 6.46. The summed E-state index contributed by atoms with van der Waals surface area (Å²) in [4.78, 5) is 0. The van der Waals surface area contributed by atoms with Gasteiger partial charge in [-0.05, 0) is 43.1 Å². The molecule has 3 heteroatoms. The van der Waals surface area contributed by atoms with Gasteiger partial charge in [0.15, 0.2) is 0 Å². The second kappa shape index (κ2) is 6.15. The highest BCUT2D eigenvalue weighted by molar-refractivity contribution is 5.44. The van der Waals surface area contributed by atoms with Crippen LogP contribution in [0.25, 0.3) is 0 Å². The monoisotopic (exact) mass is 274 g/mol. The van der Waals surface area contributed by atoms with Gasteiger partial charge >= 0.3 is 0 Å². The van der Waals surface area contributed by atoms with Crippen LogP contribution in [-0.4, -0.2) is 6.61 Å². The Balaban J connectivity index is 1.89. The number of hydrogen-bond acceptors (Lipinski definition) is 3. The van der Waals surface area contributed by atoms with E-state index in [0.717, 1.165) is 31.1 Å². The van der Waals surface area contributed by atoms with Gasteiger partial charge in [-0.25, -0.2) is 0 Å². The van der Waals surface area contributed by atoms with Crippen LogP contribution in [0.3, 0.4) is 0 Å². The molecule has 1 saturated carbocycles. The van der Waals surface area contributed by atoms with Crippen LogP contribution in [0.15, 0.2) is 18.2 Å². The summed E-state index contributed by atoms with van der Waals surface area (Å²) in [5.41, 5.74) is 5.69. The minimum absolute atomic E-state index is 0.228. The molecule has 1 aromatic rings. The van der Waals surface area contributed by atoms with E-state index in [4.69, 9.17) is 10.6 Å². The van der Waals surface area contributed by atoms with Crippen LogP contribution in [-0.2, 0) is 6.42 Å². The van der Waals surface area contributed by atoms with E-state index in [9.17, 15) is 0 Å². The largest absolute Gasteiger partial charge is 0.493 e. The topological polar surface area (TPSA) is 47.3 Å². The van der Waals surface area contributed by atoms with E-state index in [-0.39, 0.29) is 6.04 Å². The highest BCUT2D eigenvalue weighted by atomic mass is 16.5. The Labute approximate surface area is 121 Å². The highest BCUT2D eigenvalue weighted by Crippen LogP contribution is 2.41. The lowest BCUT2D eigenvalue weighted by atomic mass is 9.76. The van der Waals surface area contributed by atoms with Gasteiger partial charge < -0.3 is 4.74 Å². The van der Waals surface area contributed by atoms with Crippen molar-refractivity contribution in [3.63, 3.8) is 0 Å². The maximum absolute atomic E-state index is 5.96. The Morgan fingerprint density at radius 2 is 2.20 bits per heavy atom. The predicted octanol–water partition coefficient (Wildman–Crippen LogP) is 3.34. The molecule has 1 heterocycles. The molecule has 3 atom stereocenters. The molecule has 3 rings (SSSR count). The molecular formula is C17H26N2O. The van der Waals surface area contributed by atoms with E-state index in [1.54, 1.807) is 0 Å². The van der Waals surface area contributed by atoms with Crippen LogP contribution in [0.5, 0.6) is 5.75 Å². The van der Waals surface area contributed by atoms with Gasteiger partial charge in [0.05, 0.1) is 12.6 Å². The van der Waals surface area contributed by atoms with Gasteiger partial charge in [-0.15, -0.1) is 0 Å². The molecule has 1 aromatic carbocycles. The summed E-state index contributed by atoms with van der Waals surface area (Å²) in [5.74, 6) is 8.44. The summed E-state index contributed by atoms with van der Waals surface area (Å²) < 4.78 is 5.96. The zero-order chi connectivity index (χ0) is 13.9. The maximum atomic E-state index is 5.96. The summed E-state index contributed by atoms with van der Waals surface area (Å²) in [5, 5.41) is 0. The van der Waals surface area contributed by atoms with Crippen LogP contribution >= 0.6 is 0 Å². The number of ether oxygens (including phenoxy) is 1. The first-order valence-corrected chi connectivity index (χ1v) is 8.00. The molecule has 110 valence electrons. The van der Waals surface area contributed by atoms with Gasteiger partial charge in [0, 0.05) is 5.56 Å². The van der Waals surface area contributed by atoms with Crippen LogP contribution in [0.4, 0.5) is 0 Å². The van der Waals surface area contributed by atoms with E-state index in [2.05, 4.69) is 30.5 Å². The molecule has 2 aliphatic rings. The summed E-state index contributed by atoms with van der Waals surface area (Å²) >= 11 is 0. The molecule has 3 unspecified atom stereocenters. The van der Waals surface area contributed by atoms with Crippen molar-refractivity contribution in [3.05, 3.63) is 29.3 Å². The fourth-order valence-corrected chi connectivity index (χ4v) is 3.92. The molecule has 3 nitrogen and oxygen atoms in total. The van der Waals surface area contributed by atoms with Crippen LogP contribution in [0, 0.1) is 11.8 Å². The quantitative estimate of drug-likeness (QED) is 0.656. The summed E-state index contributed by atoms with van der Waals surface area (Å²) in [7, 11) is 0. The van der Waals surface area contributed by atoms with Gasteiger partial charge in [0.1, 0.15) is 5.75 Å². The van der Waals surface area contributed by atoms with Crippen molar-refractivity contribution in [3.8, 4) is 5.75 Å². The zero-order valence-corrected chi connectivity index (χ0v) is 12.4. The SMILES string of the molecule is CC1CCCC(C(NN)c2cccc3c2OCCC3)C1. The van der Waals surface area contributed by atoms with E-state index in [0.29, 0.717) is 5.92 Å². The number of nitrogens with one attached hydrogen (secondary N) is 1. The Morgan fingerprint density at radius 1 is 1.30 bits per heavy atom. The molecule has 0 aromatic heterocycles. The van der Waals surface area contributed by atoms with Crippen LogP contribution < -0.4 is 16.0 Å². The molecule has 1 fully saturated rings. The van der Waals surface area contributed by atoms with Gasteiger partial charge in [-0.1, -0.05) is 38.0 Å². The summed E-state index contributed by atoms with van der Waals surface area (Å²) in [6.45, 7) is 3.19. The number of hydrogen-bond donors (Lipinski definition) is 2. The number of hydrazine groups is 1. The first kappa shape index (κ1) is 13.9. The number of benzene rings is 1. The number of rotatable bonds is 3. The summed E-state index contributed by atoms with van der Waals surface area (Å²) in [6, 6.07) is 6.76. The second-order valence-electron chi connectivity index (χ2n) is 6.46. The van der Waals surface area contributed by atoms with E-state index >= 15 is 0 Å². The minimum Gasteiger partial charge on any atom is -0.493 e. The third-order valence-electron chi connectivity index (χ3n) is 4.93. The Morgan fingerprint density at radius 3 is 3.00 bits per heavy atom. The van der Waals surface area contributed by atoms with Crippen molar-refractivity contribution in [2.45, 2.75) is 51.5 Å². The maximum Gasteiger partial charge on any atom is 0.127 e. The smallest absolute Gasteiger partial charge is 0.127 e. The van der Waals surface area contributed by atoms with Crippen molar-refractivity contribution >= 4 is 0 Å². The Hall–Kier alpha value is -1.06. The Kier molecular flexibility index (Phi) is 4.27. The molecule has 0 amide bonds. The zero-order valence-electron chi connectivity index (χ0n) is 12.4. The normalized spacial score (nSPS) is 27.5. The number of para-hydroxylation sites is 1. The van der Waals surface area contributed by atoms with E-state index in [1.807, 2.05) is 0 Å². The lowest BCUT2D eigenvalue weighted by molar-refractivity contribution is 0.216. The van der Waals surface area contributed by atoms with Crippen molar-refractivity contribution in [2.24, 2.45) is 17.7 Å². The van der Waals surface area contributed by atoms with E-state index < -0.39 is 0 Å². The molecule has 0 radical (unpaired) electrons. The number of nitrogens with two attached hydrogens (primary N) is 1. The molecule has 0 bridgehead atoms. The fourth-order valence-electron chi connectivity index (χ4n) is 3.92. The molecule has 0 spiro atoms. The fraction of sp³-hybridized carbons (Fsp3) is 0.647. The lowest BCUT2D eigenvalue weighted by Crippen LogP contribution is -2.36. The van der Waals surface area contributed by atoms with Gasteiger partial charge in [0.25, 0.3) is 0 Å². The van der Waals surface area contributed by atoms with Crippen molar-refractivity contribution < 1.29 is 4.74 Å². The average molecular weight is 274 g/mol. The van der Waals surface area contributed by atoms with Crippen LogP contribution in [0.1, 0.15) is 56.2 Å². The molecule has 1 aliphatic heterocycles. The van der Waals surface area contributed by atoms with Crippen molar-refractivity contribution in [1.82, 2.24) is 5.43 Å². The average Bonchev–Trinajstić information content (AvgIpc) is 2.48. The lowest BCUT2D eigenvalue weighted by Gasteiger charge is -2.34. The molecule has 20 heavy (non-hydrogen) atoms. The third-order valence-corrected chi connectivity index (χ3v) is 4.93. The Bertz CT molecular complexity index is 460. The standard InChI is InChI=1S/C17H26N2O/c1-12-5-2-7-14(11-12)16(19-18)15-9-3-6-13-8-4-10-20-17(13)15/h3,6,9,12,14,16,19H,2,4-5,7-8,10-11,18H2,1H3. The van der Waals surface area contributed by atoms with Gasteiger partial charge in [-0.2, -0.15) is 0 Å². The first-order valence-electron chi connectivity index (χ1n) is 8.00. The minimum atomic E-state index is 0.228. The van der Waals surface area contributed by atoms with Gasteiger partial charge in [0.2, 0.25) is 0 Å². The van der Waals surface area contributed by atoms with Crippen molar-refractivity contribution in [2.75, 3.05) is 6.61 Å². The number of aryl methyl sites for hydroxylation is 1. The molecule has 0 saturated heterocycles. The summed E-state index contributed by atoms with van der Waals surface area (Å²) in [6.07, 6.45) is 7.46. The molecule has 1 aliphatic carbocycles. The highest BCUT2D eigenvalue weighted by Gasteiger charge is 2.30.